The molecule has 1 atom stereocenters. The van der Waals surface area contributed by atoms with E-state index in [1.165, 1.54) is 0 Å². The second kappa shape index (κ2) is 8.91. The molecule has 0 aliphatic carbocycles. The number of carbonyl (C=O) groups is 3. The van der Waals surface area contributed by atoms with E-state index in [1.807, 2.05) is 6.07 Å². The molecule has 0 heterocycles. The van der Waals surface area contributed by atoms with Crippen LogP contribution >= 0.6 is 0 Å². The molecule has 28 heavy (non-hydrogen) atoms. The second-order valence-corrected chi connectivity index (χ2v) is 6.37. The minimum absolute atomic E-state index is 0.297. The average molecular weight is 372 g/mol. The standard InChI is InChI=1S/C24H20O4/c1-28-20-14-12-19(13-15-20)24(27)23(18-10-6-3-7-11-18)22(26)16-21(25)17-8-4-2-5-9-17/h2-15,23H,16H2,1H3/t23-/m0/s1. The highest BCUT2D eigenvalue weighted by Gasteiger charge is 2.30. The fourth-order valence-electron chi connectivity index (χ4n) is 3.04. The Bertz CT molecular complexity index is 961. The molecule has 3 rings (SSSR count). The van der Waals surface area contributed by atoms with E-state index in [0.29, 0.717) is 22.4 Å². The van der Waals surface area contributed by atoms with Crippen LogP contribution in [0.15, 0.2) is 84.9 Å². The molecule has 0 N–H and O–H groups in total. The molecule has 0 spiro atoms. The van der Waals surface area contributed by atoms with E-state index < -0.39 is 11.7 Å². The Morgan fingerprint density at radius 2 is 1.32 bits per heavy atom. The Morgan fingerprint density at radius 1 is 0.750 bits per heavy atom. The zero-order valence-electron chi connectivity index (χ0n) is 15.5. The monoisotopic (exact) mass is 372 g/mol. The van der Waals surface area contributed by atoms with Gasteiger partial charge in [0, 0.05) is 11.1 Å². The Labute approximate surface area is 163 Å². The van der Waals surface area contributed by atoms with E-state index in [4.69, 9.17) is 4.74 Å². The predicted octanol–water partition coefficient (Wildman–Crippen LogP) is 4.50. The third kappa shape index (κ3) is 4.41. The van der Waals surface area contributed by atoms with Gasteiger partial charge >= 0.3 is 0 Å². The summed E-state index contributed by atoms with van der Waals surface area (Å²) in [4.78, 5) is 38.6. The van der Waals surface area contributed by atoms with Crippen LogP contribution in [0.25, 0.3) is 0 Å². The average Bonchev–Trinajstić information content (AvgIpc) is 2.75. The molecule has 0 saturated carbocycles. The lowest BCUT2D eigenvalue weighted by Gasteiger charge is -2.15. The highest BCUT2D eigenvalue weighted by molar-refractivity contribution is 6.20. The van der Waals surface area contributed by atoms with Crippen molar-refractivity contribution in [3.8, 4) is 5.75 Å². The third-order valence-electron chi connectivity index (χ3n) is 4.52. The molecule has 0 aliphatic rings. The molecule has 0 radical (unpaired) electrons. The highest BCUT2D eigenvalue weighted by atomic mass is 16.5. The van der Waals surface area contributed by atoms with Crippen LogP contribution in [0.5, 0.6) is 5.75 Å². The van der Waals surface area contributed by atoms with Gasteiger partial charge in [-0.05, 0) is 29.8 Å². The van der Waals surface area contributed by atoms with Gasteiger partial charge in [0.2, 0.25) is 0 Å². The lowest BCUT2D eigenvalue weighted by Crippen LogP contribution is -2.24. The van der Waals surface area contributed by atoms with Gasteiger partial charge in [-0.1, -0.05) is 60.7 Å². The first kappa shape index (κ1) is 19.2. The lowest BCUT2D eigenvalue weighted by molar-refractivity contribution is -0.118. The number of ketones is 3. The van der Waals surface area contributed by atoms with Crippen molar-refractivity contribution in [1.82, 2.24) is 0 Å². The predicted molar refractivity (Wildman–Crippen MR) is 107 cm³/mol. The molecule has 0 fully saturated rings. The van der Waals surface area contributed by atoms with Gasteiger partial charge in [-0.2, -0.15) is 0 Å². The number of hydrogen-bond acceptors (Lipinski definition) is 4. The van der Waals surface area contributed by atoms with Crippen LogP contribution in [0.4, 0.5) is 0 Å². The van der Waals surface area contributed by atoms with Crippen LogP contribution in [0.2, 0.25) is 0 Å². The zero-order valence-corrected chi connectivity index (χ0v) is 15.5. The van der Waals surface area contributed by atoms with E-state index >= 15 is 0 Å². The molecule has 0 aromatic heterocycles. The van der Waals surface area contributed by atoms with Crippen molar-refractivity contribution >= 4 is 17.3 Å². The smallest absolute Gasteiger partial charge is 0.177 e. The first-order valence-electron chi connectivity index (χ1n) is 8.94. The number of Topliss-reactive ketones (excluding diaryl/α,β-unsaturated/α-hetero) is 3. The number of carbonyl (C=O) groups excluding carboxylic acids is 3. The largest absolute Gasteiger partial charge is 0.497 e. The van der Waals surface area contributed by atoms with Crippen molar-refractivity contribution < 1.29 is 19.1 Å². The molecule has 140 valence electrons. The van der Waals surface area contributed by atoms with Crippen LogP contribution in [-0.4, -0.2) is 24.5 Å². The van der Waals surface area contributed by atoms with Gasteiger partial charge in [0.25, 0.3) is 0 Å². The van der Waals surface area contributed by atoms with Crippen molar-refractivity contribution in [3.05, 3.63) is 102 Å². The summed E-state index contributed by atoms with van der Waals surface area (Å²) < 4.78 is 5.12. The maximum absolute atomic E-state index is 13.1. The molecular formula is C24H20O4. The maximum atomic E-state index is 13.1. The van der Waals surface area contributed by atoms with Crippen molar-refractivity contribution in [3.63, 3.8) is 0 Å². The molecule has 0 unspecified atom stereocenters. The second-order valence-electron chi connectivity index (χ2n) is 6.37. The van der Waals surface area contributed by atoms with Crippen molar-refractivity contribution in [2.24, 2.45) is 0 Å². The van der Waals surface area contributed by atoms with Crippen molar-refractivity contribution in [2.75, 3.05) is 7.11 Å². The van der Waals surface area contributed by atoms with Crippen LogP contribution in [0, 0.1) is 0 Å². The van der Waals surface area contributed by atoms with Crippen molar-refractivity contribution in [2.45, 2.75) is 12.3 Å². The summed E-state index contributed by atoms with van der Waals surface area (Å²) in [5, 5.41) is 0. The van der Waals surface area contributed by atoms with E-state index in [2.05, 4.69) is 0 Å². The Morgan fingerprint density at radius 3 is 1.89 bits per heavy atom. The number of hydrogen-bond donors (Lipinski definition) is 0. The summed E-state index contributed by atoms with van der Waals surface area (Å²) in [6.45, 7) is 0. The number of benzene rings is 3. The fraction of sp³-hybridized carbons (Fsp3) is 0.125. The molecule has 0 amide bonds. The molecule has 4 nitrogen and oxygen atoms in total. The van der Waals surface area contributed by atoms with Gasteiger partial charge in [-0.25, -0.2) is 0 Å². The summed E-state index contributed by atoms with van der Waals surface area (Å²) in [5.41, 5.74) is 1.43. The minimum Gasteiger partial charge on any atom is -0.497 e. The van der Waals surface area contributed by atoms with Gasteiger partial charge in [0.15, 0.2) is 17.3 Å². The summed E-state index contributed by atoms with van der Waals surface area (Å²) in [7, 11) is 1.54. The summed E-state index contributed by atoms with van der Waals surface area (Å²) in [6.07, 6.45) is -0.328. The van der Waals surface area contributed by atoms with Gasteiger partial charge in [0.1, 0.15) is 11.7 Å². The number of methoxy groups -OCH3 is 1. The van der Waals surface area contributed by atoms with Crippen LogP contribution in [-0.2, 0) is 4.79 Å². The zero-order chi connectivity index (χ0) is 19.9. The first-order valence-corrected chi connectivity index (χ1v) is 8.94. The molecular weight excluding hydrogens is 352 g/mol. The van der Waals surface area contributed by atoms with E-state index in [-0.39, 0.29) is 18.0 Å². The molecule has 0 bridgehead atoms. The molecule has 0 aliphatic heterocycles. The highest BCUT2D eigenvalue weighted by Crippen LogP contribution is 2.25. The van der Waals surface area contributed by atoms with Crippen LogP contribution in [0.3, 0.4) is 0 Å². The third-order valence-corrected chi connectivity index (χ3v) is 4.52. The van der Waals surface area contributed by atoms with E-state index in [1.54, 1.807) is 86.0 Å². The quantitative estimate of drug-likeness (QED) is 0.431. The SMILES string of the molecule is COc1ccc(C(=O)[C@H](C(=O)CC(=O)c2ccccc2)c2ccccc2)cc1. The topological polar surface area (TPSA) is 60.4 Å². The van der Waals surface area contributed by atoms with Gasteiger partial charge < -0.3 is 4.74 Å². The number of rotatable bonds is 8. The fourth-order valence-corrected chi connectivity index (χ4v) is 3.04. The molecule has 3 aromatic rings. The van der Waals surface area contributed by atoms with Gasteiger partial charge in [-0.3, -0.25) is 14.4 Å². The van der Waals surface area contributed by atoms with Gasteiger partial charge in [-0.15, -0.1) is 0 Å². The minimum atomic E-state index is -1.03. The lowest BCUT2D eigenvalue weighted by atomic mass is 9.85. The van der Waals surface area contributed by atoms with Crippen LogP contribution < -0.4 is 4.74 Å². The van der Waals surface area contributed by atoms with Gasteiger partial charge in [0.05, 0.1) is 13.5 Å². The van der Waals surface area contributed by atoms with E-state index in [9.17, 15) is 14.4 Å². The number of ether oxygens (including phenoxy) is 1. The van der Waals surface area contributed by atoms with E-state index in [0.717, 1.165) is 0 Å². The summed E-state index contributed by atoms with van der Waals surface area (Å²) in [6, 6.07) is 24.1. The molecule has 3 aromatic carbocycles. The Hall–Kier alpha value is -3.53. The maximum Gasteiger partial charge on any atom is 0.177 e. The normalized spacial score (nSPS) is 11.5. The molecule has 0 saturated heterocycles. The first-order chi connectivity index (χ1) is 13.6. The van der Waals surface area contributed by atoms with Crippen molar-refractivity contribution in [1.29, 1.82) is 0 Å². The Balaban J connectivity index is 1.89. The summed E-state index contributed by atoms with van der Waals surface area (Å²) >= 11 is 0. The van der Waals surface area contributed by atoms with Crippen LogP contribution in [0.1, 0.15) is 38.6 Å². The molecule has 4 heteroatoms. The summed E-state index contributed by atoms with van der Waals surface area (Å²) in [5.74, 6) is -1.45. The Kier molecular flexibility index (Phi) is 6.12.